The number of aromatic nitrogens is 1. The molecule has 0 spiro atoms. The molecule has 1 aromatic heterocycles. The van der Waals surface area contributed by atoms with Crippen molar-refractivity contribution in [1.82, 2.24) is 4.98 Å². The molecule has 0 unspecified atom stereocenters. The first-order valence-corrected chi connectivity index (χ1v) is 5.57. The summed E-state index contributed by atoms with van der Waals surface area (Å²) in [7, 11) is 0. The van der Waals surface area contributed by atoms with E-state index in [1.807, 2.05) is 11.3 Å². The Bertz CT molecular complexity index is 273. The van der Waals surface area contributed by atoms with Gasteiger partial charge in [-0.05, 0) is 19.3 Å². The summed E-state index contributed by atoms with van der Waals surface area (Å²) in [4.78, 5) is 4.65. The van der Waals surface area contributed by atoms with Gasteiger partial charge in [-0.25, -0.2) is 4.98 Å². The average molecular weight is 181 g/mol. The van der Waals surface area contributed by atoms with Crippen LogP contribution in [0, 0.1) is 0 Å². The monoisotopic (exact) mass is 181 g/mol. The van der Waals surface area contributed by atoms with Crippen molar-refractivity contribution in [3.05, 3.63) is 16.1 Å². The first-order valence-electron chi connectivity index (χ1n) is 4.69. The van der Waals surface area contributed by atoms with Crippen molar-refractivity contribution in [2.45, 2.75) is 44.9 Å². The fourth-order valence-corrected chi connectivity index (χ4v) is 2.43. The molecule has 0 saturated heterocycles. The summed E-state index contributed by atoms with van der Waals surface area (Å²) in [6.45, 7) is 4.53. The molecule has 1 heterocycles. The lowest BCUT2D eigenvalue weighted by Crippen LogP contribution is -1.98. The fourth-order valence-electron chi connectivity index (χ4n) is 1.36. The minimum absolute atomic E-state index is 0.469. The fraction of sp³-hybridized carbons (Fsp3) is 0.700. The van der Waals surface area contributed by atoms with Crippen molar-refractivity contribution in [2.75, 3.05) is 0 Å². The van der Waals surface area contributed by atoms with Crippen molar-refractivity contribution in [3.63, 3.8) is 0 Å². The normalized spacial score (nSPS) is 19.5. The van der Waals surface area contributed by atoms with E-state index in [9.17, 15) is 0 Å². The van der Waals surface area contributed by atoms with Gasteiger partial charge in [0, 0.05) is 10.8 Å². The highest BCUT2D eigenvalue weighted by atomic mass is 32.1. The minimum atomic E-state index is 0.469. The van der Waals surface area contributed by atoms with Gasteiger partial charge < -0.3 is 0 Å². The highest BCUT2D eigenvalue weighted by Crippen LogP contribution is 2.48. The van der Waals surface area contributed by atoms with Crippen LogP contribution in [-0.2, 0) is 11.8 Å². The van der Waals surface area contributed by atoms with Crippen LogP contribution in [-0.4, -0.2) is 4.98 Å². The van der Waals surface area contributed by atoms with Crippen LogP contribution in [0.3, 0.4) is 0 Å². The summed E-state index contributed by atoms with van der Waals surface area (Å²) >= 11 is 1.85. The third kappa shape index (κ3) is 1.40. The Balaban J connectivity index is 2.13. The van der Waals surface area contributed by atoms with E-state index in [1.54, 1.807) is 0 Å². The molecule has 0 aromatic carbocycles. The molecule has 1 fully saturated rings. The number of thiazole rings is 1. The lowest BCUT2D eigenvalue weighted by atomic mass is 10.2. The smallest absolute Gasteiger partial charge is 0.0987 e. The maximum atomic E-state index is 4.65. The average Bonchev–Trinajstić information content (AvgIpc) is 2.64. The third-order valence-corrected chi connectivity index (χ3v) is 3.77. The number of hydrogen-bond donors (Lipinski definition) is 0. The van der Waals surface area contributed by atoms with Crippen molar-refractivity contribution in [2.24, 2.45) is 0 Å². The van der Waals surface area contributed by atoms with E-state index in [2.05, 4.69) is 24.2 Å². The lowest BCUT2D eigenvalue weighted by molar-refractivity contribution is 0.762. The second kappa shape index (κ2) is 2.84. The van der Waals surface area contributed by atoms with Crippen LogP contribution in [0.4, 0.5) is 0 Å². The quantitative estimate of drug-likeness (QED) is 0.698. The highest BCUT2D eigenvalue weighted by molar-refractivity contribution is 7.09. The van der Waals surface area contributed by atoms with E-state index < -0.39 is 0 Å². The number of nitrogens with zero attached hydrogens (tertiary/aromatic N) is 1. The Morgan fingerprint density at radius 1 is 1.58 bits per heavy atom. The van der Waals surface area contributed by atoms with E-state index in [4.69, 9.17) is 0 Å². The molecule has 0 bridgehead atoms. The predicted octanol–water partition coefficient (Wildman–Crippen LogP) is 3.15. The molecule has 0 N–H and O–H groups in total. The van der Waals surface area contributed by atoms with Gasteiger partial charge in [0.2, 0.25) is 0 Å². The van der Waals surface area contributed by atoms with Crippen molar-refractivity contribution >= 4 is 11.3 Å². The SMILES string of the molecule is CCCc1csc(C2(C)CC2)n1. The molecule has 12 heavy (non-hydrogen) atoms. The number of rotatable bonds is 3. The molecule has 1 saturated carbocycles. The van der Waals surface area contributed by atoms with Gasteiger partial charge in [-0.15, -0.1) is 11.3 Å². The zero-order valence-electron chi connectivity index (χ0n) is 7.76. The standard InChI is InChI=1S/C10H15NS/c1-3-4-8-7-12-9(11-8)10(2)5-6-10/h7H,3-6H2,1-2H3. The topological polar surface area (TPSA) is 12.9 Å². The van der Waals surface area contributed by atoms with Crippen molar-refractivity contribution < 1.29 is 0 Å². The van der Waals surface area contributed by atoms with Crippen LogP contribution < -0.4 is 0 Å². The molecule has 0 aliphatic heterocycles. The zero-order valence-corrected chi connectivity index (χ0v) is 8.58. The van der Waals surface area contributed by atoms with Crippen LogP contribution in [0.2, 0.25) is 0 Å². The molecular weight excluding hydrogens is 166 g/mol. The van der Waals surface area contributed by atoms with Crippen LogP contribution in [0.5, 0.6) is 0 Å². The molecule has 0 amide bonds. The Kier molecular flexibility index (Phi) is 1.95. The maximum absolute atomic E-state index is 4.65. The first kappa shape index (κ1) is 8.24. The minimum Gasteiger partial charge on any atom is -0.246 e. The van der Waals surface area contributed by atoms with Gasteiger partial charge in [-0.2, -0.15) is 0 Å². The Hall–Kier alpha value is -0.370. The third-order valence-electron chi connectivity index (χ3n) is 2.57. The van der Waals surface area contributed by atoms with Crippen LogP contribution in [0.15, 0.2) is 5.38 Å². The van der Waals surface area contributed by atoms with Gasteiger partial charge in [0.1, 0.15) is 0 Å². The molecule has 2 rings (SSSR count). The van der Waals surface area contributed by atoms with Crippen molar-refractivity contribution in [3.8, 4) is 0 Å². The highest BCUT2D eigenvalue weighted by Gasteiger charge is 2.41. The zero-order chi connectivity index (χ0) is 8.60. The Morgan fingerprint density at radius 3 is 2.92 bits per heavy atom. The molecule has 1 aliphatic rings. The Morgan fingerprint density at radius 2 is 2.33 bits per heavy atom. The molecular formula is C10H15NS. The van der Waals surface area contributed by atoms with E-state index >= 15 is 0 Å². The van der Waals surface area contributed by atoms with Crippen LogP contribution in [0.25, 0.3) is 0 Å². The largest absolute Gasteiger partial charge is 0.246 e. The lowest BCUT2D eigenvalue weighted by Gasteiger charge is -2.00. The van der Waals surface area contributed by atoms with Gasteiger partial charge in [0.25, 0.3) is 0 Å². The van der Waals surface area contributed by atoms with E-state index in [-0.39, 0.29) is 0 Å². The van der Waals surface area contributed by atoms with E-state index in [0.717, 1.165) is 6.42 Å². The summed E-state index contributed by atoms with van der Waals surface area (Å²) in [6, 6.07) is 0. The van der Waals surface area contributed by atoms with Crippen LogP contribution >= 0.6 is 11.3 Å². The number of aryl methyl sites for hydroxylation is 1. The molecule has 0 radical (unpaired) electrons. The van der Waals surface area contributed by atoms with E-state index in [1.165, 1.54) is 30.0 Å². The van der Waals surface area contributed by atoms with Gasteiger partial charge in [0.15, 0.2) is 0 Å². The number of hydrogen-bond acceptors (Lipinski definition) is 2. The molecule has 2 heteroatoms. The second-order valence-electron chi connectivity index (χ2n) is 3.95. The predicted molar refractivity (Wildman–Crippen MR) is 52.7 cm³/mol. The van der Waals surface area contributed by atoms with Gasteiger partial charge in [0.05, 0.1) is 10.7 Å². The molecule has 1 aromatic rings. The van der Waals surface area contributed by atoms with E-state index in [0.29, 0.717) is 5.41 Å². The van der Waals surface area contributed by atoms with Gasteiger partial charge in [-0.3, -0.25) is 0 Å². The van der Waals surface area contributed by atoms with Gasteiger partial charge >= 0.3 is 0 Å². The summed E-state index contributed by atoms with van der Waals surface area (Å²) in [5.41, 5.74) is 1.77. The maximum Gasteiger partial charge on any atom is 0.0987 e. The molecule has 0 atom stereocenters. The van der Waals surface area contributed by atoms with Crippen molar-refractivity contribution in [1.29, 1.82) is 0 Å². The Labute approximate surface area is 77.8 Å². The molecule has 1 aliphatic carbocycles. The molecule has 1 nitrogen and oxygen atoms in total. The summed E-state index contributed by atoms with van der Waals surface area (Å²) in [6.07, 6.45) is 5.03. The van der Waals surface area contributed by atoms with Gasteiger partial charge in [-0.1, -0.05) is 20.3 Å². The summed E-state index contributed by atoms with van der Waals surface area (Å²) in [5, 5.41) is 3.59. The second-order valence-corrected chi connectivity index (χ2v) is 4.81. The summed E-state index contributed by atoms with van der Waals surface area (Å²) in [5.74, 6) is 0. The summed E-state index contributed by atoms with van der Waals surface area (Å²) < 4.78 is 0. The molecule has 66 valence electrons. The van der Waals surface area contributed by atoms with Crippen LogP contribution in [0.1, 0.15) is 43.8 Å². The first-order chi connectivity index (χ1) is 5.74.